The molecule has 2 aromatic carbocycles. The number of benzene rings is 2. The average Bonchev–Trinajstić information content (AvgIpc) is 3.13. The molecule has 1 saturated heterocycles. The number of aryl methyl sites for hydroxylation is 1. The fourth-order valence-corrected chi connectivity index (χ4v) is 6.82. The van der Waals surface area contributed by atoms with Gasteiger partial charge < -0.3 is 9.30 Å². The summed E-state index contributed by atoms with van der Waals surface area (Å²) in [5, 5.41) is 0. The van der Waals surface area contributed by atoms with Crippen LogP contribution >= 0.6 is 11.3 Å². The van der Waals surface area contributed by atoms with E-state index in [2.05, 4.69) is 4.99 Å². The summed E-state index contributed by atoms with van der Waals surface area (Å²) in [4.78, 5) is 29.7. The van der Waals surface area contributed by atoms with Crippen LogP contribution in [0.1, 0.15) is 53.8 Å². The summed E-state index contributed by atoms with van der Waals surface area (Å²) >= 11 is 1.29. The maximum atomic E-state index is 13.0. The van der Waals surface area contributed by atoms with Crippen LogP contribution in [0.3, 0.4) is 0 Å². The number of amides is 1. The summed E-state index contributed by atoms with van der Waals surface area (Å²) < 4.78 is 35.2. The number of piperidine rings is 1. The van der Waals surface area contributed by atoms with E-state index in [0.29, 0.717) is 29.1 Å². The lowest BCUT2D eigenvalue weighted by atomic mass is 10.1. The molecule has 3 aromatic rings. The van der Waals surface area contributed by atoms with Crippen molar-refractivity contribution >= 4 is 43.5 Å². The first-order valence-corrected chi connectivity index (χ1v) is 13.5. The van der Waals surface area contributed by atoms with Gasteiger partial charge in [-0.3, -0.25) is 4.79 Å². The molecule has 1 atom stereocenters. The first-order chi connectivity index (χ1) is 16.2. The van der Waals surface area contributed by atoms with E-state index in [-0.39, 0.29) is 10.9 Å². The van der Waals surface area contributed by atoms with Crippen molar-refractivity contribution in [3.63, 3.8) is 0 Å². The molecule has 10 heteroatoms. The second kappa shape index (κ2) is 9.81. The molecule has 180 valence electrons. The molecule has 0 saturated carbocycles. The van der Waals surface area contributed by atoms with Crippen molar-refractivity contribution in [1.29, 1.82) is 0 Å². The van der Waals surface area contributed by atoms with Gasteiger partial charge in [-0.15, -0.1) is 0 Å². The molecule has 1 aliphatic heterocycles. The quantitative estimate of drug-likeness (QED) is 0.496. The van der Waals surface area contributed by atoms with Gasteiger partial charge in [0.1, 0.15) is 0 Å². The van der Waals surface area contributed by atoms with Crippen LogP contribution in [0.5, 0.6) is 0 Å². The lowest BCUT2D eigenvalue weighted by Gasteiger charge is -2.32. The summed E-state index contributed by atoms with van der Waals surface area (Å²) in [5.41, 5.74) is 1.57. The fraction of sp³-hybridized carbons (Fsp3) is 0.375. The molecule has 0 aliphatic carbocycles. The standard InChI is InChI=1S/C24H27N3O5S2/c1-4-32-23(29)18-10-13-20-21(15-18)33-24(26(20)3)25-22(28)17-8-11-19(12-9-17)34(30,31)27-14-6-5-7-16(27)2/h8-13,15-16H,4-7,14H2,1-3H3/t16-/m1/s1. The van der Waals surface area contributed by atoms with Crippen LogP contribution in [0.4, 0.5) is 0 Å². The van der Waals surface area contributed by atoms with Gasteiger partial charge in [0, 0.05) is 25.2 Å². The number of fused-ring (bicyclic) bond motifs is 1. The molecular weight excluding hydrogens is 474 g/mol. The van der Waals surface area contributed by atoms with E-state index in [1.807, 2.05) is 6.92 Å². The normalized spacial score (nSPS) is 17.7. The Labute approximate surface area is 202 Å². The van der Waals surface area contributed by atoms with Crippen molar-refractivity contribution in [3.8, 4) is 0 Å². The second-order valence-electron chi connectivity index (χ2n) is 8.25. The van der Waals surface area contributed by atoms with Crippen molar-refractivity contribution in [2.45, 2.75) is 44.0 Å². The number of esters is 1. The summed E-state index contributed by atoms with van der Waals surface area (Å²) in [7, 11) is -1.80. The first kappa shape index (κ1) is 24.3. The summed E-state index contributed by atoms with van der Waals surface area (Å²) in [6.07, 6.45) is 2.73. The minimum absolute atomic E-state index is 0.0348. The molecule has 0 unspecified atom stereocenters. The minimum atomic E-state index is -3.60. The average molecular weight is 502 g/mol. The van der Waals surface area contributed by atoms with Gasteiger partial charge in [-0.25, -0.2) is 13.2 Å². The molecule has 0 spiro atoms. The van der Waals surface area contributed by atoms with E-state index in [4.69, 9.17) is 4.74 Å². The van der Waals surface area contributed by atoms with Crippen LogP contribution in [0.15, 0.2) is 52.4 Å². The third-order valence-electron chi connectivity index (χ3n) is 5.97. The predicted octanol–water partition coefficient (Wildman–Crippen LogP) is 3.72. The molecule has 2 heterocycles. The molecule has 1 amide bonds. The SMILES string of the molecule is CCOC(=O)c1ccc2c(c1)sc(=NC(=O)c1ccc(S(=O)(=O)N3CCCC[C@H]3C)cc1)n2C. The maximum absolute atomic E-state index is 13.0. The number of carbonyl (C=O) groups is 2. The van der Waals surface area contributed by atoms with Gasteiger partial charge in [0.2, 0.25) is 10.0 Å². The zero-order valence-electron chi connectivity index (χ0n) is 19.4. The fourth-order valence-electron chi connectivity index (χ4n) is 4.07. The van der Waals surface area contributed by atoms with Crippen molar-refractivity contribution < 1.29 is 22.7 Å². The van der Waals surface area contributed by atoms with Crippen molar-refractivity contribution in [1.82, 2.24) is 8.87 Å². The topological polar surface area (TPSA) is 98.0 Å². The lowest BCUT2D eigenvalue weighted by molar-refractivity contribution is 0.0526. The van der Waals surface area contributed by atoms with E-state index >= 15 is 0 Å². The number of aromatic nitrogens is 1. The van der Waals surface area contributed by atoms with Crippen LogP contribution in [0.25, 0.3) is 10.2 Å². The Balaban J connectivity index is 1.60. The number of nitrogens with zero attached hydrogens (tertiary/aromatic N) is 3. The first-order valence-electron chi connectivity index (χ1n) is 11.2. The van der Waals surface area contributed by atoms with E-state index in [9.17, 15) is 18.0 Å². The Hall–Kier alpha value is -2.82. The smallest absolute Gasteiger partial charge is 0.338 e. The highest BCUT2D eigenvalue weighted by molar-refractivity contribution is 7.89. The van der Waals surface area contributed by atoms with Crippen LogP contribution in [-0.4, -0.2) is 48.4 Å². The number of hydrogen-bond donors (Lipinski definition) is 0. The number of hydrogen-bond acceptors (Lipinski definition) is 6. The van der Waals surface area contributed by atoms with E-state index in [1.165, 1.54) is 35.6 Å². The lowest BCUT2D eigenvalue weighted by Crippen LogP contribution is -2.41. The monoisotopic (exact) mass is 501 g/mol. The highest BCUT2D eigenvalue weighted by atomic mass is 32.2. The Morgan fingerprint density at radius 3 is 2.50 bits per heavy atom. The van der Waals surface area contributed by atoms with Gasteiger partial charge in [0.15, 0.2) is 4.80 Å². The van der Waals surface area contributed by atoms with Crippen molar-refractivity contribution in [3.05, 3.63) is 58.4 Å². The Morgan fingerprint density at radius 2 is 1.82 bits per heavy atom. The molecule has 1 aliphatic rings. The number of rotatable bonds is 5. The number of thiazole rings is 1. The Bertz CT molecular complexity index is 1400. The minimum Gasteiger partial charge on any atom is -0.462 e. The largest absolute Gasteiger partial charge is 0.462 e. The Kier molecular flexibility index (Phi) is 7.01. The molecule has 0 radical (unpaired) electrons. The number of sulfonamides is 1. The predicted molar refractivity (Wildman–Crippen MR) is 130 cm³/mol. The van der Waals surface area contributed by atoms with E-state index in [0.717, 1.165) is 29.5 Å². The van der Waals surface area contributed by atoms with Gasteiger partial charge in [-0.1, -0.05) is 17.8 Å². The second-order valence-corrected chi connectivity index (χ2v) is 11.1. The van der Waals surface area contributed by atoms with Gasteiger partial charge in [0.05, 0.1) is 27.3 Å². The zero-order chi connectivity index (χ0) is 24.5. The third-order valence-corrected chi connectivity index (χ3v) is 9.09. The van der Waals surface area contributed by atoms with Crippen molar-refractivity contribution in [2.75, 3.05) is 13.2 Å². The molecule has 1 fully saturated rings. The summed E-state index contributed by atoms with van der Waals surface area (Å²) in [6.45, 7) is 4.48. The Morgan fingerprint density at radius 1 is 1.12 bits per heavy atom. The maximum Gasteiger partial charge on any atom is 0.338 e. The zero-order valence-corrected chi connectivity index (χ0v) is 21.0. The number of carbonyl (C=O) groups excluding carboxylic acids is 2. The highest BCUT2D eigenvalue weighted by Crippen LogP contribution is 2.25. The van der Waals surface area contributed by atoms with Crippen LogP contribution < -0.4 is 4.80 Å². The van der Waals surface area contributed by atoms with Crippen molar-refractivity contribution in [2.24, 2.45) is 12.0 Å². The van der Waals surface area contributed by atoms with E-state index < -0.39 is 21.9 Å². The molecule has 34 heavy (non-hydrogen) atoms. The van der Waals surface area contributed by atoms with Gasteiger partial charge in [-0.05, 0) is 69.2 Å². The van der Waals surface area contributed by atoms with Gasteiger partial charge >= 0.3 is 5.97 Å². The van der Waals surface area contributed by atoms with Gasteiger partial charge in [-0.2, -0.15) is 9.30 Å². The van der Waals surface area contributed by atoms with Crippen LogP contribution in [0.2, 0.25) is 0 Å². The highest BCUT2D eigenvalue weighted by Gasteiger charge is 2.30. The van der Waals surface area contributed by atoms with Crippen LogP contribution in [0, 0.1) is 0 Å². The van der Waals surface area contributed by atoms with Crippen LogP contribution in [-0.2, 0) is 21.8 Å². The summed E-state index contributed by atoms with van der Waals surface area (Å²) in [5.74, 6) is -0.868. The molecular formula is C24H27N3O5S2. The van der Waals surface area contributed by atoms with Gasteiger partial charge in [0.25, 0.3) is 5.91 Å². The molecule has 0 N–H and O–H groups in total. The third kappa shape index (κ3) is 4.70. The molecule has 8 nitrogen and oxygen atoms in total. The number of ether oxygens (including phenoxy) is 1. The van der Waals surface area contributed by atoms with E-state index in [1.54, 1.807) is 41.0 Å². The molecule has 1 aromatic heterocycles. The summed E-state index contributed by atoms with van der Waals surface area (Å²) in [6, 6.07) is 11.1. The molecule has 0 bridgehead atoms. The molecule has 4 rings (SSSR count).